The van der Waals surface area contributed by atoms with Gasteiger partial charge in [-0.25, -0.2) is 12.8 Å². The molecule has 0 atom stereocenters. The summed E-state index contributed by atoms with van der Waals surface area (Å²) in [5.74, 6) is -0.666. The third-order valence-electron chi connectivity index (χ3n) is 3.00. The predicted octanol–water partition coefficient (Wildman–Crippen LogP) is 2.95. The van der Waals surface area contributed by atoms with Gasteiger partial charge in [0.1, 0.15) is 10.7 Å². The highest BCUT2D eigenvalue weighted by molar-refractivity contribution is 7.92. The maximum Gasteiger partial charge on any atom is 0.264 e. The van der Waals surface area contributed by atoms with E-state index < -0.39 is 20.7 Å². The molecule has 0 aliphatic rings. The smallest absolute Gasteiger partial charge is 0.264 e. The predicted molar refractivity (Wildman–Crippen MR) is 81.5 cm³/mol. The van der Waals surface area contributed by atoms with Crippen LogP contribution in [-0.2, 0) is 10.0 Å². The summed E-state index contributed by atoms with van der Waals surface area (Å²) in [6.45, 7) is 1.83. The van der Waals surface area contributed by atoms with E-state index in [0.29, 0.717) is 5.69 Å². The van der Waals surface area contributed by atoms with Crippen molar-refractivity contribution in [1.82, 2.24) is 0 Å². The summed E-state index contributed by atoms with van der Waals surface area (Å²) in [5, 5.41) is 0. The molecule has 22 heavy (non-hydrogen) atoms. The Hall–Kier alpha value is -2.28. The third-order valence-corrected chi connectivity index (χ3v) is 4.39. The molecular formula is C15H16FNO4S. The van der Waals surface area contributed by atoms with Gasteiger partial charge in [0.25, 0.3) is 10.0 Å². The number of aryl methyl sites for hydroxylation is 1. The van der Waals surface area contributed by atoms with E-state index in [4.69, 9.17) is 9.47 Å². The molecule has 0 bridgehead atoms. The summed E-state index contributed by atoms with van der Waals surface area (Å²) in [5.41, 5.74) is 1.24. The minimum atomic E-state index is -4.08. The first kappa shape index (κ1) is 16.1. The van der Waals surface area contributed by atoms with E-state index in [9.17, 15) is 12.8 Å². The largest absolute Gasteiger partial charge is 0.493 e. The molecule has 2 rings (SSSR count). The van der Waals surface area contributed by atoms with Crippen molar-refractivity contribution in [1.29, 1.82) is 0 Å². The number of halogens is 1. The fraction of sp³-hybridized carbons (Fsp3) is 0.200. The van der Waals surface area contributed by atoms with Crippen LogP contribution in [0, 0.1) is 12.7 Å². The molecular weight excluding hydrogens is 309 g/mol. The molecule has 0 aromatic heterocycles. The second-order valence-corrected chi connectivity index (χ2v) is 6.26. The summed E-state index contributed by atoms with van der Waals surface area (Å²) in [7, 11) is -1.39. The molecule has 1 N–H and O–H groups in total. The van der Waals surface area contributed by atoms with Crippen LogP contribution < -0.4 is 14.2 Å². The van der Waals surface area contributed by atoms with Gasteiger partial charge in [0.2, 0.25) is 0 Å². The lowest BCUT2D eigenvalue weighted by Gasteiger charge is -2.13. The van der Waals surface area contributed by atoms with Gasteiger partial charge >= 0.3 is 0 Å². The molecule has 118 valence electrons. The van der Waals surface area contributed by atoms with Gasteiger partial charge in [-0.2, -0.15) is 0 Å². The second kappa shape index (κ2) is 6.23. The fourth-order valence-electron chi connectivity index (χ4n) is 1.96. The molecule has 0 fully saturated rings. The normalized spacial score (nSPS) is 11.1. The molecule has 0 unspecified atom stereocenters. The maximum atomic E-state index is 14.1. The molecule has 0 amide bonds. The van der Waals surface area contributed by atoms with Crippen LogP contribution in [0.3, 0.4) is 0 Å². The Labute approximate surface area is 128 Å². The Morgan fingerprint density at radius 2 is 1.68 bits per heavy atom. The summed E-state index contributed by atoms with van der Waals surface area (Å²) in [6.07, 6.45) is 0. The number of sulfonamides is 1. The van der Waals surface area contributed by atoms with E-state index in [1.807, 2.05) is 13.0 Å². The van der Waals surface area contributed by atoms with Gasteiger partial charge < -0.3 is 9.47 Å². The molecule has 7 heteroatoms. The minimum absolute atomic E-state index is 0.120. The molecule has 0 spiro atoms. The van der Waals surface area contributed by atoms with Gasteiger partial charge in [0.05, 0.1) is 14.2 Å². The van der Waals surface area contributed by atoms with Crippen LogP contribution in [0.5, 0.6) is 11.5 Å². The van der Waals surface area contributed by atoms with Gasteiger partial charge in [-0.1, -0.05) is 12.1 Å². The Morgan fingerprint density at radius 3 is 2.27 bits per heavy atom. The maximum absolute atomic E-state index is 14.1. The van der Waals surface area contributed by atoms with E-state index in [1.54, 1.807) is 18.2 Å². The van der Waals surface area contributed by atoms with Crippen LogP contribution in [0.4, 0.5) is 10.1 Å². The van der Waals surface area contributed by atoms with Gasteiger partial charge in [-0.3, -0.25) is 4.72 Å². The number of ether oxygens (including phenoxy) is 2. The Balaban J connectivity index is 2.45. The number of benzene rings is 2. The van der Waals surface area contributed by atoms with Crippen LogP contribution in [0.2, 0.25) is 0 Å². The summed E-state index contributed by atoms with van der Waals surface area (Å²) >= 11 is 0. The monoisotopic (exact) mass is 325 g/mol. The van der Waals surface area contributed by atoms with Gasteiger partial charge in [0, 0.05) is 17.8 Å². The molecule has 0 aliphatic heterocycles. The van der Waals surface area contributed by atoms with Crippen LogP contribution in [0.15, 0.2) is 41.3 Å². The van der Waals surface area contributed by atoms with Crippen LogP contribution in [0.1, 0.15) is 5.56 Å². The van der Waals surface area contributed by atoms with Crippen molar-refractivity contribution in [3.05, 3.63) is 47.8 Å². The zero-order valence-electron chi connectivity index (χ0n) is 12.4. The first-order chi connectivity index (χ1) is 10.4. The summed E-state index contributed by atoms with van der Waals surface area (Å²) < 4.78 is 51.1. The number of hydrogen-bond acceptors (Lipinski definition) is 4. The lowest BCUT2D eigenvalue weighted by atomic mass is 10.2. The highest BCUT2D eigenvalue weighted by Crippen LogP contribution is 2.32. The zero-order valence-corrected chi connectivity index (χ0v) is 13.2. The second-order valence-electron chi connectivity index (χ2n) is 4.61. The zero-order chi connectivity index (χ0) is 16.3. The lowest BCUT2D eigenvalue weighted by Crippen LogP contribution is -2.15. The van der Waals surface area contributed by atoms with E-state index in [2.05, 4.69) is 4.72 Å². The molecule has 0 saturated carbocycles. The molecule has 0 heterocycles. The van der Waals surface area contributed by atoms with Crippen molar-refractivity contribution >= 4 is 15.7 Å². The average Bonchev–Trinajstić information content (AvgIpc) is 2.46. The van der Waals surface area contributed by atoms with E-state index in [-0.39, 0.29) is 11.5 Å². The number of methoxy groups -OCH3 is 2. The summed E-state index contributed by atoms with van der Waals surface area (Å²) in [4.78, 5) is -0.508. The third kappa shape index (κ3) is 3.30. The number of nitrogens with one attached hydrogen (secondary N) is 1. The molecule has 0 saturated heterocycles. The highest BCUT2D eigenvalue weighted by atomic mass is 32.2. The standard InChI is InChI=1S/C15H16FNO4S/c1-10-5-4-6-11(7-10)17-22(18,19)15-9-14(21-3)13(20-2)8-12(15)16/h4-9,17H,1-3H3. The molecule has 2 aromatic rings. The molecule has 2 aromatic carbocycles. The first-order valence-electron chi connectivity index (χ1n) is 6.38. The van der Waals surface area contributed by atoms with Gasteiger partial charge in [-0.15, -0.1) is 0 Å². The minimum Gasteiger partial charge on any atom is -0.493 e. The van der Waals surface area contributed by atoms with Crippen molar-refractivity contribution in [3.8, 4) is 11.5 Å². The van der Waals surface area contributed by atoms with E-state index in [1.165, 1.54) is 14.2 Å². The van der Waals surface area contributed by atoms with Crippen molar-refractivity contribution in [2.45, 2.75) is 11.8 Å². The lowest BCUT2D eigenvalue weighted by molar-refractivity contribution is 0.350. The van der Waals surface area contributed by atoms with Gasteiger partial charge in [0.15, 0.2) is 11.5 Å². The SMILES string of the molecule is COc1cc(F)c(S(=O)(=O)Nc2cccc(C)c2)cc1OC. The number of rotatable bonds is 5. The summed E-state index contributed by atoms with van der Waals surface area (Å²) in [6, 6.07) is 8.84. The van der Waals surface area contributed by atoms with Crippen LogP contribution in [0.25, 0.3) is 0 Å². The quantitative estimate of drug-likeness (QED) is 0.918. The highest BCUT2D eigenvalue weighted by Gasteiger charge is 2.22. The fourth-order valence-corrected chi connectivity index (χ4v) is 3.09. The Bertz CT molecular complexity index is 790. The van der Waals surface area contributed by atoms with Crippen LogP contribution >= 0.6 is 0 Å². The topological polar surface area (TPSA) is 64.6 Å². The number of anilines is 1. The van der Waals surface area contributed by atoms with Gasteiger partial charge in [-0.05, 0) is 24.6 Å². The average molecular weight is 325 g/mol. The van der Waals surface area contributed by atoms with Crippen molar-refractivity contribution in [3.63, 3.8) is 0 Å². The molecule has 0 radical (unpaired) electrons. The van der Waals surface area contributed by atoms with E-state index >= 15 is 0 Å². The Morgan fingerprint density at radius 1 is 1.05 bits per heavy atom. The van der Waals surface area contributed by atoms with Crippen molar-refractivity contribution in [2.75, 3.05) is 18.9 Å². The number of hydrogen-bond donors (Lipinski definition) is 1. The first-order valence-corrected chi connectivity index (χ1v) is 7.86. The Kier molecular flexibility index (Phi) is 4.56. The molecule has 5 nitrogen and oxygen atoms in total. The van der Waals surface area contributed by atoms with Crippen LogP contribution in [-0.4, -0.2) is 22.6 Å². The van der Waals surface area contributed by atoms with Crippen molar-refractivity contribution < 1.29 is 22.3 Å². The molecule has 0 aliphatic carbocycles. The van der Waals surface area contributed by atoms with Crippen molar-refractivity contribution in [2.24, 2.45) is 0 Å². The van der Waals surface area contributed by atoms with E-state index in [0.717, 1.165) is 17.7 Å².